The van der Waals surface area contributed by atoms with Crippen LogP contribution in [0.5, 0.6) is 0 Å². The number of anilines is 2. The van der Waals surface area contributed by atoms with Gasteiger partial charge in [0.05, 0.1) is 47.8 Å². The number of ether oxygens (including phenoxy) is 4. The van der Waals surface area contributed by atoms with Gasteiger partial charge in [-0.25, -0.2) is 19.2 Å². The van der Waals surface area contributed by atoms with Gasteiger partial charge in [0.1, 0.15) is 24.6 Å². The smallest absolute Gasteiger partial charge is 0.354 e. The highest BCUT2D eigenvalue weighted by Crippen LogP contribution is 2.33. The van der Waals surface area contributed by atoms with Gasteiger partial charge in [0.15, 0.2) is 0 Å². The first-order valence-electron chi connectivity index (χ1n) is 13.0. The van der Waals surface area contributed by atoms with Crippen LogP contribution in [0.4, 0.5) is 11.4 Å². The van der Waals surface area contributed by atoms with Crippen molar-refractivity contribution in [3.8, 4) is 0 Å². The molecule has 2 aromatic rings. The summed E-state index contributed by atoms with van der Waals surface area (Å²) in [7, 11) is 0. The van der Waals surface area contributed by atoms with E-state index in [2.05, 4.69) is 10.2 Å². The number of benzene rings is 2. The topological polar surface area (TPSA) is 136 Å². The van der Waals surface area contributed by atoms with E-state index in [-0.39, 0.29) is 61.8 Å². The van der Waals surface area contributed by atoms with Crippen molar-refractivity contribution in [1.29, 1.82) is 0 Å². The van der Waals surface area contributed by atoms with Crippen LogP contribution in [0.1, 0.15) is 47.4 Å². The molecule has 0 N–H and O–H groups in total. The van der Waals surface area contributed by atoms with Crippen LogP contribution in [0, 0.1) is 0 Å². The van der Waals surface area contributed by atoms with Crippen molar-refractivity contribution in [3.63, 3.8) is 0 Å². The Labute approximate surface area is 230 Å². The number of carbonyl (C=O) groups excluding carboxylic acids is 4. The van der Waals surface area contributed by atoms with Gasteiger partial charge in [-0.15, -0.1) is 0 Å². The van der Waals surface area contributed by atoms with Gasteiger partial charge in [-0.05, 0) is 38.1 Å². The molecule has 0 unspecified atom stereocenters. The lowest BCUT2D eigenvalue weighted by Gasteiger charge is -2.28. The third-order valence-corrected chi connectivity index (χ3v) is 6.58. The molecule has 0 amide bonds. The van der Waals surface area contributed by atoms with Crippen LogP contribution in [0.25, 0.3) is 0 Å². The average Bonchev–Trinajstić information content (AvgIpc) is 3.59. The Morgan fingerprint density at radius 1 is 0.750 bits per heavy atom. The van der Waals surface area contributed by atoms with E-state index in [1.807, 2.05) is 0 Å². The molecule has 0 bridgehead atoms. The van der Waals surface area contributed by atoms with Crippen LogP contribution in [0.3, 0.4) is 0 Å². The molecule has 3 aliphatic heterocycles. The van der Waals surface area contributed by atoms with Crippen molar-refractivity contribution in [3.05, 3.63) is 59.7 Å². The first-order chi connectivity index (χ1) is 19.4. The Kier molecular flexibility index (Phi) is 7.76. The highest BCUT2D eigenvalue weighted by Gasteiger charge is 2.38. The summed E-state index contributed by atoms with van der Waals surface area (Å²) in [6.07, 6.45) is 0.275. The van der Waals surface area contributed by atoms with Crippen LogP contribution in [0.2, 0.25) is 0 Å². The number of hydrogen-bond acceptors (Lipinski definition) is 12. The maximum atomic E-state index is 13.4. The molecule has 12 nitrogen and oxygen atoms in total. The predicted molar refractivity (Wildman–Crippen MR) is 143 cm³/mol. The van der Waals surface area contributed by atoms with E-state index in [0.29, 0.717) is 11.4 Å². The summed E-state index contributed by atoms with van der Waals surface area (Å²) in [5.41, 5.74) is 1.49. The Bertz CT molecular complexity index is 1300. The molecule has 0 aliphatic carbocycles. The normalized spacial score (nSPS) is 20.4. The lowest BCUT2D eigenvalue weighted by molar-refractivity contribution is -0.136. The monoisotopic (exact) mass is 548 g/mol. The number of rotatable bonds is 4. The Hall–Kier alpha value is -4.74. The van der Waals surface area contributed by atoms with Gasteiger partial charge < -0.3 is 18.9 Å². The molecule has 5 rings (SSSR count). The van der Waals surface area contributed by atoms with E-state index in [0.717, 1.165) is 0 Å². The van der Waals surface area contributed by atoms with E-state index in [4.69, 9.17) is 18.9 Å². The van der Waals surface area contributed by atoms with Crippen LogP contribution < -0.4 is 10.0 Å². The summed E-state index contributed by atoms with van der Waals surface area (Å²) in [4.78, 5) is 51.7. The van der Waals surface area contributed by atoms with Crippen molar-refractivity contribution in [2.75, 3.05) is 36.4 Å². The molecule has 3 heterocycles. The number of hydrazone groups is 2. The molecule has 2 atom stereocenters. The number of nitrogens with zero attached hydrogens (tertiary/aromatic N) is 4. The van der Waals surface area contributed by atoms with Gasteiger partial charge in [-0.1, -0.05) is 24.3 Å². The minimum absolute atomic E-state index is 0.135. The van der Waals surface area contributed by atoms with Crippen molar-refractivity contribution in [2.24, 2.45) is 10.2 Å². The van der Waals surface area contributed by atoms with Crippen LogP contribution in [0.15, 0.2) is 58.7 Å². The van der Waals surface area contributed by atoms with Gasteiger partial charge in [-0.2, -0.15) is 10.2 Å². The SMILES string of the molecule is CCOC(=O)C1=NN2c3ccccc3C(=O)OC[C@H]3CC(C(=O)OCC)=NN3c3ccccc3C(=O)OC[C@@H]2C1. The van der Waals surface area contributed by atoms with Gasteiger partial charge in [0, 0.05) is 12.8 Å². The van der Waals surface area contributed by atoms with Crippen LogP contribution >= 0.6 is 0 Å². The molecule has 0 radical (unpaired) electrons. The molecular formula is C28H28N4O8. The molecule has 0 fully saturated rings. The van der Waals surface area contributed by atoms with Crippen molar-refractivity contribution in [1.82, 2.24) is 0 Å². The quantitative estimate of drug-likeness (QED) is 0.414. The molecule has 2 aromatic carbocycles. The standard InChI is InChI=1S/C28H28N4O8/c1-3-37-27(35)21-13-17-15-39-26(34)20-10-6-8-12-24(20)32-18(14-22(30-32)28(36)38-4-2)16-40-25(33)19-9-5-7-11-23(19)31(17)29-21/h5-12,17-18H,3-4,13-16H2,1-2H3/t17-,18+. The summed E-state index contributed by atoms with van der Waals surface area (Å²) < 4.78 is 21.7. The van der Waals surface area contributed by atoms with E-state index >= 15 is 0 Å². The largest absolute Gasteiger partial charge is 0.461 e. The van der Waals surface area contributed by atoms with E-state index in [1.165, 1.54) is 10.0 Å². The van der Waals surface area contributed by atoms with Crippen molar-refractivity contribution >= 4 is 46.7 Å². The fourth-order valence-electron chi connectivity index (χ4n) is 4.75. The summed E-state index contributed by atoms with van der Waals surface area (Å²) in [5.74, 6) is -2.41. The lowest BCUT2D eigenvalue weighted by Crippen LogP contribution is -2.36. The second-order valence-corrected chi connectivity index (χ2v) is 9.17. The number of carbonyl (C=O) groups is 4. The molecule has 40 heavy (non-hydrogen) atoms. The third kappa shape index (κ3) is 5.24. The van der Waals surface area contributed by atoms with Crippen LogP contribution in [-0.4, -0.2) is 73.8 Å². The number of esters is 4. The van der Waals surface area contributed by atoms with Crippen LogP contribution in [-0.2, 0) is 28.5 Å². The Morgan fingerprint density at radius 3 is 1.55 bits per heavy atom. The molecule has 3 aliphatic rings. The minimum Gasteiger partial charge on any atom is -0.461 e. The molecule has 12 heteroatoms. The zero-order valence-electron chi connectivity index (χ0n) is 22.1. The second kappa shape index (κ2) is 11.6. The summed E-state index contributed by atoms with van der Waals surface area (Å²) in [5, 5.41) is 11.9. The first kappa shape index (κ1) is 26.9. The molecule has 208 valence electrons. The lowest BCUT2D eigenvalue weighted by atomic mass is 10.1. The van der Waals surface area contributed by atoms with E-state index in [9.17, 15) is 19.2 Å². The molecule has 0 saturated heterocycles. The fourth-order valence-corrected chi connectivity index (χ4v) is 4.75. The molecule has 0 spiro atoms. The van der Waals surface area contributed by atoms with E-state index < -0.39 is 36.0 Å². The predicted octanol–water partition coefficient (Wildman–Crippen LogP) is 2.71. The second-order valence-electron chi connectivity index (χ2n) is 9.17. The first-order valence-corrected chi connectivity index (χ1v) is 13.0. The summed E-state index contributed by atoms with van der Waals surface area (Å²) in [6.45, 7) is 3.47. The van der Waals surface area contributed by atoms with Gasteiger partial charge in [-0.3, -0.25) is 10.0 Å². The molecule has 0 saturated carbocycles. The number of cyclic esters (lactones) is 2. The molecular weight excluding hydrogens is 520 g/mol. The maximum absolute atomic E-state index is 13.4. The zero-order valence-corrected chi connectivity index (χ0v) is 22.1. The van der Waals surface area contributed by atoms with Crippen molar-refractivity contribution in [2.45, 2.75) is 38.8 Å². The Balaban J connectivity index is 1.54. The number of hydrogen-bond donors (Lipinski definition) is 0. The third-order valence-electron chi connectivity index (χ3n) is 6.58. The highest BCUT2D eigenvalue weighted by molar-refractivity contribution is 6.38. The van der Waals surface area contributed by atoms with Gasteiger partial charge in [0.25, 0.3) is 0 Å². The highest BCUT2D eigenvalue weighted by atomic mass is 16.5. The number of para-hydroxylation sites is 2. The summed E-state index contributed by atoms with van der Waals surface area (Å²) >= 11 is 0. The summed E-state index contributed by atoms with van der Waals surface area (Å²) in [6, 6.07) is 12.2. The average molecular weight is 549 g/mol. The zero-order chi connectivity index (χ0) is 28.2. The molecule has 0 aromatic heterocycles. The van der Waals surface area contributed by atoms with E-state index in [1.54, 1.807) is 62.4 Å². The van der Waals surface area contributed by atoms with Gasteiger partial charge >= 0.3 is 23.9 Å². The Morgan fingerprint density at radius 2 is 1.15 bits per heavy atom. The maximum Gasteiger partial charge on any atom is 0.354 e. The number of fused-ring (bicyclic) bond motifs is 6. The fraction of sp³-hybridized carbons (Fsp3) is 0.357. The minimum atomic E-state index is -0.624. The van der Waals surface area contributed by atoms with Crippen molar-refractivity contribution < 1.29 is 38.1 Å². The van der Waals surface area contributed by atoms with Gasteiger partial charge in [0.2, 0.25) is 0 Å².